The number of rotatable bonds is 8. The van der Waals surface area contributed by atoms with Crippen LogP contribution in [0.15, 0.2) is 36.5 Å². The van der Waals surface area contributed by atoms with E-state index < -0.39 is 0 Å². The third kappa shape index (κ3) is 5.26. The summed E-state index contributed by atoms with van der Waals surface area (Å²) in [5.74, 6) is 1.83. The van der Waals surface area contributed by atoms with Crippen LogP contribution in [0.3, 0.4) is 0 Å². The number of ether oxygens (including phenoxy) is 1. The first kappa shape index (κ1) is 21.1. The van der Waals surface area contributed by atoms with E-state index in [1.54, 1.807) is 13.3 Å². The molecular weight excluding hydrogens is 366 g/mol. The largest absolute Gasteiger partial charge is 0.497 e. The van der Waals surface area contributed by atoms with E-state index in [0.717, 1.165) is 55.0 Å². The van der Waals surface area contributed by atoms with Crippen LogP contribution in [0.2, 0.25) is 0 Å². The fourth-order valence-corrected chi connectivity index (χ4v) is 3.78. The van der Waals surface area contributed by atoms with Crippen molar-refractivity contribution in [1.82, 2.24) is 10.3 Å². The molecule has 0 unspecified atom stereocenters. The number of aromatic nitrogens is 1. The molecular formula is C23H31N3O3. The van der Waals surface area contributed by atoms with E-state index >= 15 is 0 Å². The van der Waals surface area contributed by atoms with Crippen molar-refractivity contribution in [2.75, 3.05) is 31.7 Å². The molecule has 1 aliphatic rings. The number of hydrogen-bond donors (Lipinski definition) is 2. The molecule has 2 N–H and O–H groups in total. The molecule has 29 heavy (non-hydrogen) atoms. The molecule has 1 aromatic carbocycles. The number of carbonyl (C=O) groups excluding carboxylic acids is 1. The van der Waals surface area contributed by atoms with Crippen LogP contribution >= 0.6 is 0 Å². The zero-order valence-electron chi connectivity index (χ0n) is 17.5. The summed E-state index contributed by atoms with van der Waals surface area (Å²) < 4.78 is 5.38. The first-order valence-corrected chi connectivity index (χ1v) is 10.3. The van der Waals surface area contributed by atoms with E-state index in [1.807, 2.05) is 30.3 Å². The third-order valence-corrected chi connectivity index (χ3v) is 5.23. The number of benzene rings is 1. The Bertz CT molecular complexity index is 832. The number of anilines is 1. The van der Waals surface area contributed by atoms with Crippen molar-refractivity contribution in [2.45, 2.75) is 39.2 Å². The van der Waals surface area contributed by atoms with Crippen LogP contribution < -0.4 is 15.0 Å². The SMILES string of the molecule is COc1cccc(-c2cc(C(=O)N[C@@H](CO)CC(C)C)cnc2N2CCCC2)c1. The maximum absolute atomic E-state index is 12.8. The highest BCUT2D eigenvalue weighted by Gasteiger charge is 2.21. The molecule has 2 aromatic rings. The van der Waals surface area contributed by atoms with Gasteiger partial charge in [-0.25, -0.2) is 4.98 Å². The summed E-state index contributed by atoms with van der Waals surface area (Å²) in [5, 5.41) is 12.5. The minimum absolute atomic E-state index is 0.0774. The Labute approximate surface area is 172 Å². The molecule has 6 heteroatoms. The van der Waals surface area contributed by atoms with Gasteiger partial charge in [0, 0.05) is 24.8 Å². The lowest BCUT2D eigenvalue weighted by Gasteiger charge is -2.22. The topological polar surface area (TPSA) is 74.7 Å². The smallest absolute Gasteiger partial charge is 0.253 e. The van der Waals surface area contributed by atoms with Crippen LogP contribution in [0.5, 0.6) is 5.75 Å². The minimum atomic E-state index is -0.263. The van der Waals surface area contributed by atoms with E-state index in [4.69, 9.17) is 4.74 Å². The van der Waals surface area contributed by atoms with E-state index in [2.05, 4.69) is 29.0 Å². The highest BCUT2D eigenvalue weighted by atomic mass is 16.5. The number of aliphatic hydroxyl groups is 1. The number of methoxy groups -OCH3 is 1. The lowest BCUT2D eigenvalue weighted by atomic mass is 10.0. The fourth-order valence-electron chi connectivity index (χ4n) is 3.78. The number of aliphatic hydroxyl groups excluding tert-OH is 1. The average Bonchev–Trinajstić information content (AvgIpc) is 3.27. The van der Waals surface area contributed by atoms with Crippen molar-refractivity contribution in [3.63, 3.8) is 0 Å². The second-order valence-electron chi connectivity index (χ2n) is 8.00. The van der Waals surface area contributed by atoms with Crippen LogP contribution in [0.25, 0.3) is 11.1 Å². The van der Waals surface area contributed by atoms with Gasteiger partial charge in [-0.2, -0.15) is 0 Å². The summed E-state index contributed by atoms with van der Waals surface area (Å²) in [7, 11) is 1.65. The zero-order valence-corrected chi connectivity index (χ0v) is 17.5. The number of nitrogens with zero attached hydrogens (tertiary/aromatic N) is 2. The molecule has 1 fully saturated rings. The van der Waals surface area contributed by atoms with Crippen LogP contribution in [0.1, 0.15) is 43.5 Å². The maximum Gasteiger partial charge on any atom is 0.253 e. The molecule has 1 saturated heterocycles. The first-order chi connectivity index (χ1) is 14.0. The first-order valence-electron chi connectivity index (χ1n) is 10.3. The number of amides is 1. The molecule has 0 radical (unpaired) electrons. The summed E-state index contributed by atoms with van der Waals surface area (Å²) >= 11 is 0. The summed E-state index contributed by atoms with van der Waals surface area (Å²) in [6.07, 6.45) is 4.66. The molecule has 6 nitrogen and oxygen atoms in total. The van der Waals surface area contributed by atoms with Gasteiger partial charge in [0.2, 0.25) is 0 Å². The Kier molecular flexibility index (Phi) is 7.09. The van der Waals surface area contributed by atoms with E-state index in [1.165, 1.54) is 0 Å². The third-order valence-electron chi connectivity index (χ3n) is 5.23. The summed E-state index contributed by atoms with van der Waals surface area (Å²) in [5.41, 5.74) is 2.38. The molecule has 156 valence electrons. The molecule has 1 atom stereocenters. The summed E-state index contributed by atoms with van der Waals surface area (Å²) in [6.45, 7) is 6.00. The van der Waals surface area contributed by atoms with Gasteiger partial charge in [-0.05, 0) is 48.9 Å². The van der Waals surface area contributed by atoms with Crippen LogP contribution in [-0.2, 0) is 0 Å². The van der Waals surface area contributed by atoms with Crippen molar-refractivity contribution in [3.8, 4) is 16.9 Å². The van der Waals surface area contributed by atoms with Crippen LogP contribution in [0.4, 0.5) is 5.82 Å². The summed E-state index contributed by atoms with van der Waals surface area (Å²) in [4.78, 5) is 19.8. The van der Waals surface area contributed by atoms with Gasteiger partial charge in [-0.15, -0.1) is 0 Å². The number of nitrogens with one attached hydrogen (secondary N) is 1. The number of pyridine rings is 1. The molecule has 0 aliphatic carbocycles. The van der Waals surface area contributed by atoms with Crippen LogP contribution in [0, 0.1) is 5.92 Å². The fraction of sp³-hybridized carbons (Fsp3) is 0.478. The normalized spacial score (nSPS) is 14.9. The Balaban J connectivity index is 1.94. The van der Waals surface area contributed by atoms with Crippen molar-refractivity contribution >= 4 is 11.7 Å². The minimum Gasteiger partial charge on any atom is -0.497 e. The predicted molar refractivity (Wildman–Crippen MR) is 115 cm³/mol. The van der Waals surface area contributed by atoms with Gasteiger partial charge in [-0.1, -0.05) is 26.0 Å². The second-order valence-corrected chi connectivity index (χ2v) is 8.00. The molecule has 1 aromatic heterocycles. The van der Waals surface area contributed by atoms with Gasteiger partial charge in [0.25, 0.3) is 5.91 Å². The van der Waals surface area contributed by atoms with E-state index in [9.17, 15) is 9.90 Å². The van der Waals surface area contributed by atoms with Crippen LogP contribution in [-0.4, -0.2) is 48.8 Å². The van der Waals surface area contributed by atoms with Crippen molar-refractivity contribution < 1.29 is 14.6 Å². The molecule has 3 rings (SSSR count). The standard InChI is InChI=1S/C23H31N3O3/c1-16(2)11-19(15-27)25-23(28)18-13-21(17-7-6-8-20(12-17)29-3)22(24-14-18)26-9-4-5-10-26/h6-8,12-14,16,19,27H,4-5,9-11,15H2,1-3H3,(H,25,28)/t19-/m1/s1. The molecule has 2 heterocycles. The monoisotopic (exact) mass is 397 g/mol. The van der Waals surface area contributed by atoms with Crippen molar-refractivity contribution in [3.05, 3.63) is 42.1 Å². The van der Waals surface area contributed by atoms with Crippen molar-refractivity contribution in [1.29, 1.82) is 0 Å². The van der Waals surface area contributed by atoms with E-state index in [-0.39, 0.29) is 18.6 Å². The Morgan fingerprint density at radius 1 is 1.28 bits per heavy atom. The van der Waals surface area contributed by atoms with Gasteiger partial charge in [-0.3, -0.25) is 4.79 Å². The van der Waals surface area contributed by atoms with Gasteiger partial charge >= 0.3 is 0 Å². The Morgan fingerprint density at radius 2 is 2.03 bits per heavy atom. The lowest BCUT2D eigenvalue weighted by Crippen LogP contribution is -2.38. The molecule has 0 saturated carbocycles. The average molecular weight is 398 g/mol. The number of carbonyl (C=O) groups is 1. The van der Waals surface area contributed by atoms with Gasteiger partial charge in [0.05, 0.1) is 25.3 Å². The Morgan fingerprint density at radius 3 is 2.69 bits per heavy atom. The van der Waals surface area contributed by atoms with Gasteiger partial charge in [0.15, 0.2) is 0 Å². The van der Waals surface area contributed by atoms with Crippen molar-refractivity contribution in [2.24, 2.45) is 5.92 Å². The zero-order chi connectivity index (χ0) is 20.8. The molecule has 1 aliphatic heterocycles. The maximum atomic E-state index is 12.8. The second kappa shape index (κ2) is 9.74. The lowest BCUT2D eigenvalue weighted by molar-refractivity contribution is 0.0908. The number of hydrogen-bond acceptors (Lipinski definition) is 5. The highest BCUT2D eigenvalue weighted by Crippen LogP contribution is 2.33. The predicted octanol–water partition coefficient (Wildman–Crippen LogP) is 3.49. The van der Waals surface area contributed by atoms with Gasteiger partial charge < -0.3 is 20.1 Å². The Hall–Kier alpha value is -2.60. The molecule has 1 amide bonds. The molecule has 0 spiro atoms. The molecule has 0 bridgehead atoms. The van der Waals surface area contributed by atoms with Gasteiger partial charge in [0.1, 0.15) is 11.6 Å². The quantitative estimate of drug-likeness (QED) is 0.713. The highest BCUT2D eigenvalue weighted by molar-refractivity contribution is 5.96. The van der Waals surface area contributed by atoms with E-state index in [0.29, 0.717) is 11.5 Å². The summed E-state index contributed by atoms with van der Waals surface area (Å²) in [6, 6.07) is 9.46.